The van der Waals surface area contributed by atoms with E-state index >= 15 is 0 Å². The summed E-state index contributed by atoms with van der Waals surface area (Å²) in [4.78, 5) is 0. The Morgan fingerprint density at radius 2 is 2.15 bits per heavy atom. The van der Waals surface area contributed by atoms with Gasteiger partial charge in [-0.1, -0.05) is 5.16 Å². The van der Waals surface area contributed by atoms with Crippen LogP contribution in [0.1, 0.15) is 17.0 Å². The second kappa shape index (κ2) is 4.99. The number of ether oxygens (including phenoxy) is 2. The molecule has 0 spiro atoms. The molecule has 0 aliphatic carbocycles. The number of aromatic nitrogens is 1. The van der Waals surface area contributed by atoms with Crippen LogP contribution in [-0.4, -0.2) is 25.5 Å². The molecule has 0 saturated heterocycles. The van der Waals surface area contributed by atoms with Gasteiger partial charge in [-0.05, 0) is 13.8 Å². The first-order valence-electron chi connectivity index (χ1n) is 4.12. The van der Waals surface area contributed by atoms with E-state index in [1.807, 2.05) is 13.8 Å². The molecule has 0 fully saturated rings. The first-order valence-corrected chi connectivity index (χ1v) is 4.12. The fourth-order valence-corrected chi connectivity index (χ4v) is 0.814. The van der Waals surface area contributed by atoms with E-state index in [4.69, 9.17) is 14.0 Å². The maximum atomic E-state index is 5.18. The van der Waals surface area contributed by atoms with Gasteiger partial charge in [-0.2, -0.15) is 0 Å². The molecule has 0 aliphatic rings. The van der Waals surface area contributed by atoms with Crippen LogP contribution in [0, 0.1) is 20.5 Å². The predicted octanol–water partition coefficient (Wildman–Crippen LogP) is 1.46. The van der Waals surface area contributed by atoms with Gasteiger partial charge in [-0.25, -0.2) is 0 Å². The first kappa shape index (κ1) is 10.2. The molecule has 4 nitrogen and oxygen atoms in total. The van der Waals surface area contributed by atoms with Crippen molar-refractivity contribution in [3.05, 3.63) is 23.6 Å². The normalized spacial score (nSPS) is 10.7. The zero-order chi connectivity index (χ0) is 9.68. The number of hydrogen-bond donors (Lipinski definition) is 0. The summed E-state index contributed by atoms with van der Waals surface area (Å²) in [5.74, 6) is 0.821. The van der Waals surface area contributed by atoms with E-state index in [1.165, 1.54) is 0 Å². The molecular weight excluding hydrogens is 170 g/mol. The van der Waals surface area contributed by atoms with Crippen LogP contribution in [0.2, 0.25) is 0 Å². The zero-order valence-electron chi connectivity index (χ0n) is 8.16. The number of methoxy groups -OCH3 is 1. The van der Waals surface area contributed by atoms with Crippen molar-refractivity contribution in [3.8, 4) is 0 Å². The third-order valence-electron chi connectivity index (χ3n) is 1.79. The summed E-state index contributed by atoms with van der Waals surface area (Å²) in [6.07, 6.45) is 0. The van der Waals surface area contributed by atoms with Crippen LogP contribution in [0.3, 0.4) is 0 Å². The van der Waals surface area contributed by atoms with Crippen LogP contribution in [-0.2, 0) is 9.47 Å². The molecule has 4 heteroatoms. The Morgan fingerprint density at radius 3 is 2.69 bits per heavy atom. The molecule has 0 aromatic carbocycles. The van der Waals surface area contributed by atoms with Crippen molar-refractivity contribution in [3.63, 3.8) is 0 Å². The predicted molar refractivity (Wildman–Crippen MR) is 47.2 cm³/mol. The van der Waals surface area contributed by atoms with Gasteiger partial charge in [0.2, 0.25) is 0 Å². The van der Waals surface area contributed by atoms with Crippen molar-refractivity contribution in [2.75, 3.05) is 20.3 Å². The summed E-state index contributed by atoms with van der Waals surface area (Å²) in [6.45, 7) is 6.51. The molecule has 0 N–H and O–H groups in total. The number of aryl methyl sites for hydroxylation is 1. The molecule has 1 aromatic rings. The monoisotopic (exact) mass is 184 g/mol. The first-order chi connectivity index (χ1) is 6.25. The third kappa shape index (κ3) is 2.82. The maximum absolute atomic E-state index is 5.18. The summed E-state index contributed by atoms with van der Waals surface area (Å²) in [6, 6.07) is 0. The van der Waals surface area contributed by atoms with Gasteiger partial charge < -0.3 is 14.0 Å². The summed E-state index contributed by atoms with van der Waals surface area (Å²) in [5.41, 5.74) is 1.76. The van der Waals surface area contributed by atoms with Gasteiger partial charge in [0, 0.05) is 12.7 Å². The second-order valence-electron chi connectivity index (χ2n) is 2.73. The second-order valence-corrected chi connectivity index (χ2v) is 2.73. The fourth-order valence-electron chi connectivity index (χ4n) is 0.814. The lowest BCUT2D eigenvalue weighted by molar-refractivity contribution is 0.108. The van der Waals surface area contributed by atoms with Gasteiger partial charge in [0.1, 0.15) is 18.1 Å². The Morgan fingerprint density at radius 1 is 1.38 bits per heavy atom. The van der Waals surface area contributed by atoms with E-state index in [1.54, 1.807) is 13.7 Å². The van der Waals surface area contributed by atoms with Crippen LogP contribution in [0.25, 0.3) is 0 Å². The Labute approximate surface area is 77.8 Å². The van der Waals surface area contributed by atoms with Crippen LogP contribution in [0.4, 0.5) is 0 Å². The largest absolute Gasteiger partial charge is 0.382 e. The zero-order valence-corrected chi connectivity index (χ0v) is 8.16. The molecule has 0 atom stereocenters. The van der Waals surface area contributed by atoms with Gasteiger partial charge in [0.25, 0.3) is 0 Å². The maximum Gasteiger partial charge on any atom is 0.136 e. The Bertz CT molecular complexity index is 257. The van der Waals surface area contributed by atoms with Gasteiger partial charge in [-0.3, -0.25) is 0 Å². The van der Waals surface area contributed by atoms with Crippen LogP contribution in [0.5, 0.6) is 0 Å². The topological polar surface area (TPSA) is 44.5 Å². The molecule has 13 heavy (non-hydrogen) atoms. The lowest BCUT2D eigenvalue weighted by Gasteiger charge is -1.99. The molecule has 0 saturated carbocycles. The number of hydrogen-bond acceptors (Lipinski definition) is 4. The average molecular weight is 184 g/mol. The average Bonchev–Trinajstić information content (AvgIpc) is 2.43. The Hall–Kier alpha value is -0.870. The molecule has 0 amide bonds. The fraction of sp³-hybridized carbons (Fsp3) is 0.556. The molecule has 1 radical (unpaired) electrons. The van der Waals surface area contributed by atoms with Crippen molar-refractivity contribution >= 4 is 0 Å². The third-order valence-corrected chi connectivity index (χ3v) is 1.79. The highest BCUT2D eigenvalue weighted by Gasteiger charge is 2.07. The molecule has 0 aliphatic heterocycles. The van der Waals surface area contributed by atoms with E-state index < -0.39 is 0 Å². The summed E-state index contributed by atoms with van der Waals surface area (Å²) < 4.78 is 15.0. The standard InChI is InChI=1S/C9H14NO3/c1-7-8(2)13-10-9(7)6-12-5-4-11-3/h6H,4-5H2,1-3H3. The lowest BCUT2D eigenvalue weighted by Crippen LogP contribution is -2.01. The van der Waals surface area contributed by atoms with Crippen molar-refractivity contribution in [2.45, 2.75) is 13.8 Å². The highest BCUT2D eigenvalue weighted by molar-refractivity contribution is 5.23. The quantitative estimate of drug-likeness (QED) is 0.650. The molecule has 0 bridgehead atoms. The molecule has 73 valence electrons. The number of rotatable bonds is 5. The van der Waals surface area contributed by atoms with Gasteiger partial charge >= 0.3 is 0 Å². The van der Waals surface area contributed by atoms with Gasteiger partial charge in [0.15, 0.2) is 0 Å². The minimum Gasteiger partial charge on any atom is -0.382 e. The van der Waals surface area contributed by atoms with Crippen LogP contribution >= 0.6 is 0 Å². The number of nitrogens with zero attached hydrogens (tertiary/aromatic N) is 1. The summed E-state index contributed by atoms with van der Waals surface area (Å²) >= 11 is 0. The smallest absolute Gasteiger partial charge is 0.136 e. The minimum atomic E-state index is 0.530. The molecule has 1 heterocycles. The van der Waals surface area contributed by atoms with E-state index in [0.29, 0.717) is 13.2 Å². The van der Waals surface area contributed by atoms with E-state index in [-0.39, 0.29) is 0 Å². The summed E-state index contributed by atoms with van der Waals surface area (Å²) in [7, 11) is 1.63. The highest BCUT2D eigenvalue weighted by atomic mass is 16.5. The molecule has 1 aromatic heterocycles. The van der Waals surface area contributed by atoms with Crippen LogP contribution in [0.15, 0.2) is 4.52 Å². The summed E-state index contributed by atoms with van der Waals surface area (Å²) in [5, 5.41) is 3.82. The highest BCUT2D eigenvalue weighted by Crippen LogP contribution is 2.13. The molecule has 1 rings (SSSR count). The van der Waals surface area contributed by atoms with E-state index in [2.05, 4.69) is 5.16 Å². The lowest BCUT2D eigenvalue weighted by atomic mass is 10.2. The SMILES string of the molecule is COCCO[CH]c1noc(C)c1C. The molecule has 0 unspecified atom stereocenters. The van der Waals surface area contributed by atoms with Crippen LogP contribution < -0.4 is 0 Å². The van der Waals surface area contributed by atoms with E-state index in [9.17, 15) is 0 Å². The van der Waals surface area contributed by atoms with Crippen molar-refractivity contribution in [2.24, 2.45) is 0 Å². The van der Waals surface area contributed by atoms with Crippen molar-refractivity contribution < 1.29 is 14.0 Å². The molecular formula is C9H14NO3. The minimum absolute atomic E-state index is 0.530. The van der Waals surface area contributed by atoms with E-state index in [0.717, 1.165) is 17.0 Å². The Kier molecular flexibility index (Phi) is 3.92. The van der Waals surface area contributed by atoms with Gasteiger partial charge in [0.05, 0.1) is 13.2 Å². The van der Waals surface area contributed by atoms with Crippen molar-refractivity contribution in [1.29, 1.82) is 0 Å². The van der Waals surface area contributed by atoms with Crippen molar-refractivity contribution in [1.82, 2.24) is 5.16 Å². The Balaban J connectivity index is 2.32. The van der Waals surface area contributed by atoms with Gasteiger partial charge in [-0.15, -0.1) is 0 Å².